The molecule has 2 aromatic heterocycles. The molecule has 0 N–H and O–H groups in total. The van der Waals surface area contributed by atoms with E-state index in [0.29, 0.717) is 0 Å². The van der Waals surface area contributed by atoms with E-state index in [4.69, 9.17) is 4.74 Å². The molecule has 26 heavy (non-hydrogen) atoms. The second-order valence-corrected chi connectivity index (χ2v) is 6.79. The van der Waals surface area contributed by atoms with Crippen LogP contribution in [-0.2, 0) is 12.8 Å². The molecule has 4 rings (SSSR count). The highest BCUT2D eigenvalue weighted by Gasteiger charge is 2.15. The van der Waals surface area contributed by atoms with Gasteiger partial charge in [-0.3, -0.25) is 4.98 Å². The molecular formula is C20H18N4OS. The average molecular weight is 362 g/mol. The van der Waals surface area contributed by atoms with Gasteiger partial charge < -0.3 is 9.30 Å². The topological polar surface area (TPSA) is 52.8 Å². The number of methoxy groups -OCH3 is 1. The number of rotatable bonds is 5. The van der Waals surface area contributed by atoms with E-state index in [-0.39, 0.29) is 0 Å². The molecule has 0 saturated carbocycles. The Bertz CT molecular complexity index is 1060. The fourth-order valence-corrected chi connectivity index (χ4v) is 3.83. The Kier molecular flexibility index (Phi) is 4.58. The van der Waals surface area contributed by atoms with Gasteiger partial charge in [-0.15, -0.1) is 10.2 Å². The quantitative estimate of drug-likeness (QED) is 0.495. The first kappa shape index (κ1) is 16.6. The molecule has 6 heteroatoms. The van der Waals surface area contributed by atoms with Crippen LogP contribution in [0.5, 0.6) is 5.75 Å². The lowest BCUT2D eigenvalue weighted by Gasteiger charge is -2.08. The lowest BCUT2D eigenvalue weighted by molar-refractivity contribution is 0.416. The summed E-state index contributed by atoms with van der Waals surface area (Å²) < 4.78 is 7.45. The highest BCUT2D eigenvalue weighted by Crippen LogP contribution is 2.31. The van der Waals surface area contributed by atoms with Gasteiger partial charge in [0.1, 0.15) is 5.75 Å². The maximum atomic E-state index is 5.45. The van der Waals surface area contributed by atoms with E-state index in [1.165, 1.54) is 5.56 Å². The van der Waals surface area contributed by atoms with E-state index in [9.17, 15) is 0 Å². The molecular weight excluding hydrogens is 344 g/mol. The van der Waals surface area contributed by atoms with Crippen molar-refractivity contribution in [1.29, 1.82) is 0 Å². The lowest BCUT2D eigenvalue weighted by Crippen LogP contribution is -1.97. The second-order valence-electron chi connectivity index (χ2n) is 5.85. The number of benzene rings is 2. The van der Waals surface area contributed by atoms with E-state index in [2.05, 4.69) is 39.4 Å². The van der Waals surface area contributed by atoms with Crippen molar-refractivity contribution in [1.82, 2.24) is 19.7 Å². The Morgan fingerprint density at radius 3 is 2.73 bits per heavy atom. The fourth-order valence-electron chi connectivity index (χ4n) is 2.93. The van der Waals surface area contributed by atoms with E-state index in [1.54, 1.807) is 18.9 Å². The Labute approximate surface area is 156 Å². The zero-order valence-corrected chi connectivity index (χ0v) is 15.4. The van der Waals surface area contributed by atoms with Gasteiger partial charge in [-0.05, 0) is 23.8 Å². The largest absolute Gasteiger partial charge is 0.496 e. The summed E-state index contributed by atoms with van der Waals surface area (Å²) in [4.78, 5) is 4.52. The van der Waals surface area contributed by atoms with Crippen LogP contribution >= 0.6 is 11.8 Å². The predicted octanol–water partition coefficient (Wildman–Crippen LogP) is 4.33. The molecule has 0 spiro atoms. The number of hydrogen-bond acceptors (Lipinski definition) is 5. The number of para-hydroxylation sites is 2. The highest BCUT2D eigenvalue weighted by molar-refractivity contribution is 7.98. The van der Waals surface area contributed by atoms with E-state index < -0.39 is 0 Å². The summed E-state index contributed by atoms with van der Waals surface area (Å²) in [5, 5.41) is 10.7. The predicted molar refractivity (Wildman–Crippen MR) is 104 cm³/mol. The third-order valence-electron chi connectivity index (χ3n) is 4.26. The molecule has 5 nitrogen and oxygen atoms in total. The Hall–Kier alpha value is -2.86. The molecule has 4 aromatic rings. The van der Waals surface area contributed by atoms with Crippen LogP contribution in [0.15, 0.2) is 66.0 Å². The first-order chi connectivity index (χ1) is 12.8. The van der Waals surface area contributed by atoms with Gasteiger partial charge in [-0.25, -0.2) is 0 Å². The minimum absolute atomic E-state index is 0.784. The van der Waals surface area contributed by atoms with Gasteiger partial charge in [0.2, 0.25) is 0 Å². The van der Waals surface area contributed by atoms with Crippen LogP contribution in [-0.4, -0.2) is 26.9 Å². The minimum atomic E-state index is 0.784. The van der Waals surface area contributed by atoms with Crippen LogP contribution in [0, 0.1) is 0 Å². The van der Waals surface area contributed by atoms with Crippen LogP contribution in [0.4, 0.5) is 0 Å². The number of ether oxygens (including phenoxy) is 1. The van der Waals surface area contributed by atoms with E-state index in [1.807, 2.05) is 48.1 Å². The molecule has 0 amide bonds. The molecule has 0 fully saturated rings. The van der Waals surface area contributed by atoms with Crippen molar-refractivity contribution in [2.75, 3.05) is 7.11 Å². The SMILES string of the molecule is COc1ccccc1-c1nnc(SCc2cccc3cccnc23)n1C. The monoisotopic (exact) mass is 362 g/mol. The number of nitrogens with zero attached hydrogens (tertiary/aromatic N) is 4. The summed E-state index contributed by atoms with van der Waals surface area (Å²) >= 11 is 1.65. The molecule has 130 valence electrons. The third kappa shape index (κ3) is 3.04. The maximum absolute atomic E-state index is 5.45. The molecule has 0 aliphatic rings. The van der Waals surface area contributed by atoms with Crippen molar-refractivity contribution in [3.63, 3.8) is 0 Å². The van der Waals surface area contributed by atoms with Crippen LogP contribution in [0.25, 0.3) is 22.3 Å². The summed E-state index contributed by atoms with van der Waals surface area (Å²) in [7, 11) is 3.64. The summed E-state index contributed by atoms with van der Waals surface area (Å²) in [6.45, 7) is 0. The smallest absolute Gasteiger partial charge is 0.191 e. The number of aromatic nitrogens is 4. The van der Waals surface area contributed by atoms with Crippen molar-refractivity contribution in [2.45, 2.75) is 10.9 Å². The van der Waals surface area contributed by atoms with E-state index >= 15 is 0 Å². The molecule has 0 unspecified atom stereocenters. The van der Waals surface area contributed by atoms with Gasteiger partial charge in [0.15, 0.2) is 11.0 Å². The van der Waals surface area contributed by atoms with Crippen molar-refractivity contribution in [3.8, 4) is 17.1 Å². The van der Waals surface area contributed by atoms with Crippen LogP contribution in [0.1, 0.15) is 5.56 Å². The first-order valence-corrected chi connectivity index (χ1v) is 9.24. The zero-order valence-electron chi connectivity index (χ0n) is 14.6. The summed E-state index contributed by atoms with van der Waals surface area (Å²) in [6, 6.07) is 18.1. The molecule has 0 saturated heterocycles. The number of fused-ring (bicyclic) bond motifs is 1. The molecule has 0 aliphatic carbocycles. The molecule has 0 aliphatic heterocycles. The standard InChI is InChI=1S/C20H18N4OS/c1-24-19(16-10-3-4-11-17(16)25-2)22-23-20(24)26-13-15-8-5-7-14-9-6-12-21-18(14)15/h3-12H,13H2,1-2H3. The third-order valence-corrected chi connectivity index (χ3v) is 5.32. The van der Waals surface area contributed by atoms with Crippen molar-refractivity contribution < 1.29 is 4.74 Å². The molecule has 2 heterocycles. The Balaban J connectivity index is 1.61. The summed E-state index contributed by atoms with van der Waals surface area (Å²) in [5.41, 5.74) is 3.16. The van der Waals surface area contributed by atoms with Crippen LogP contribution in [0.3, 0.4) is 0 Å². The van der Waals surface area contributed by atoms with Gasteiger partial charge in [0, 0.05) is 24.4 Å². The van der Waals surface area contributed by atoms with Gasteiger partial charge in [0.25, 0.3) is 0 Å². The maximum Gasteiger partial charge on any atom is 0.191 e. The zero-order chi connectivity index (χ0) is 17.9. The number of pyridine rings is 1. The number of hydrogen-bond donors (Lipinski definition) is 0. The molecule has 2 aromatic carbocycles. The van der Waals surface area contributed by atoms with Gasteiger partial charge in [-0.1, -0.05) is 48.2 Å². The van der Waals surface area contributed by atoms with Gasteiger partial charge >= 0.3 is 0 Å². The Morgan fingerprint density at radius 1 is 1.00 bits per heavy atom. The first-order valence-electron chi connectivity index (χ1n) is 8.26. The Morgan fingerprint density at radius 2 is 1.85 bits per heavy atom. The number of thioether (sulfide) groups is 1. The van der Waals surface area contributed by atoms with Crippen LogP contribution < -0.4 is 4.74 Å². The van der Waals surface area contributed by atoms with E-state index in [0.717, 1.165) is 38.9 Å². The van der Waals surface area contributed by atoms with Crippen LogP contribution in [0.2, 0.25) is 0 Å². The van der Waals surface area contributed by atoms with Gasteiger partial charge in [-0.2, -0.15) is 0 Å². The van der Waals surface area contributed by atoms with Gasteiger partial charge in [0.05, 0.1) is 18.2 Å². The molecule has 0 bridgehead atoms. The van der Waals surface area contributed by atoms with Crippen molar-refractivity contribution in [2.24, 2.45) is 7.05 Å². The minimum Gasteiger partial charge on any atom is -0.496 e. The lowest BCUT2D eigenvalue weighted by atomic mass is 10.1. The average Bonchev–Trinajstić information content (AvgIpc) is 3.06. The summed E-state index contributed by atoms with van der Waals surface area (Å²) in [5.74, 6) is 2.37. The normalized spacial score (nSPS) is 11.0. The molecule has 0 radical (unpaired) electrons. The molecule has 0 atom stereocenters. The highest BCUT2D eigenvalue weighted by atomic mass is 32.2. The van der Waals surface area contributed by atoms with Crippen molar-refractivity contribution in [3.05, 3.63) is 66.4 Å². The van der Waals surface area contributed by atoms with Crippen molar-refractivity contribution >= 4 is 22.7 Å². The summed E-state index contributed by atoms with van der Waals surface area (Å²) in [6.07, 6.45) is 1.83. The fraction of sp³-hybridized carbons (Fsp3) is 0.150. The second kappa shape index (κ2) is 7.17.